The molecule has 0 unspecified atom stereocenters. The highest BCUT2D eigenvalue weighted by Gasteiger charge is 2.26. The van der Waals surface area contributed by atoms with Gasteiger partial charge in [-0.2, -0.15) is 0 Å². The molecule has 5 nitrogen and oxygen atoms in total. The van der Waals surface area contributed by atoms with Gasteiger partial charge < -0.3 is 9.64 Å². The molecule has 0 aliphatic carbocycles. The van der Waals surface area contributed by atoms with E-state index >= 15 is 0 Å². The van der Waals surface area contributed by atoms with Gasteiger partial charge in [0.15, 0.2) is 0 Å². The first kappa shape index (κ1) is 17.9. The highest BCUT2D eigenvalue weighted by Crippen LogP contribution is 2.21. The average molecular weight is 344 g/mol. The van der Waals surface area contributed by atoms with Crippen LogP contribution in [0.5, 0.6) is 0 Å². The molecule has 2 aliphatic rings. The Hall–Kier alpha value is -1.88. The van der Waals surface area contributed by atoms with Gasteiger partial charge in [0, 0.05) is 25.2 Å². The number of rotatable bonds is 5. The Bertz CT molecular complexity index is 585. The fourth-order valence-corrected chi connectivity index (χ4v) is 3.70. The third-order valence-electron chi connectivity index (χ3n) is 5.21. The van der Waals surface area contributed by atoms with Crippen molar-refractivity contribution in [3.63, 3.8) is 0 Å². The number of hydrogen-bond acceptors (Lipinski definition) is 4. The monoisotopic (exact) mass is 344 g/mol. The van der Waals surface area contributed by atoms with E-state index in [9.17, 15) is 9.59 Å². The van der Waals surface area contributed by atoms with Gasteiger partial charge in [-0.3, -0.25) is 14.5 Å². The lowest BCUT2D eigenvalue weighted by molar-refractivity contribution is -0.149. The van der Waals surface area contributed by atoms with Gasteiger partial charge in [-0.1, -0.05) is 12.1 Å². The lowest BCUT2D eigenvalue weighted by Gasteiger charge is -2.30. The molecule has 2 fully saturated rings. The van der Waals surface area contributed by atoms with Crippen molar-refractivity contribution in [1.82, 2.24) is 9.80 Å². The Labute approximate surface area is 149 Å². The zero-order chi connectivity index (χ0) is 17.6. The van der Waals surface area contributed by atoms with Gasteiger partial charge in [-0.05, 0) is 63.4 Å². The number of benzene rings is 1. The maximum absolute atomic E-state index is 12.4. The van der Waals surface area contributed by atoms with Crippen LogP contribution in [0.1, 0.15) is 48.5 Å². The second-order valence-corrected chi connectivity index (χ2v) is 7.00. The standard InChI is InChI=1S/C20H28N2O3/c1-2-25-20(24)18-9-13-21(14-10-18)15-16-5-7-17(8-6-16)19(23)22-11-3-4-12-22/h5-8,18H,2-4,9-15H2,1H3. The number of hydrogen-bond donors (Lipinski definition) is 0. The molecule has 2 aliphatic heterocycles. The second kappa shape index (κ2) is 8.48. The molecule has 2 saturated heterocycles. The highest BCUT2D eigenvalue weighted by molar-refractivity contribution is 5.94. The van der Waals surface area contributed by atoms with Crippen molar-refractivity contribution >= 4 is 11.9 Å². The average Bonchev–Trinajstić information content (AvgIpc) is 3.17. The van der Waals surface area contributed by atoms with E-state index in [-0.39, 0.29) is 17.8 Å². The third-order valence-corrected chi connectivity index (χ3v) is 5.21. The molecule has 1 aromatic rings. The number of ether oxygens (including phenoxy) is 1. The molecular formula is C20H28N2O3. The smallest absolute Gasteiger partial charge is 0.309 e. The van der Waals surface area contributed by atoms with E-state index in [0.717, 1.165) is 64.0 Å². The summed E-state index contributed by atoms with van der Waals surface area (Å²) in [5.74, 6) is 0.155. The summed E-state index contributed by atoms with van der Waals surface area (Å²) in [7, 11) is 0. The summed E-state index contributed by atoms with van der Waals surface area (Å²) in [6.45, 7) is 6.78. The molecular weight excluding hydrogens is 316 g/mol. The van der Waals surface area contributed by atoms with Crippen molar-refractivity contribution in [2.75, 3.05) is 32.8 Å². The molecule has 3 rings (SSSR count). The van der Waals surface area contributed by atoms with Crippen LogP contribution in [0.4, 0.5) is 0 Å². The predicted molar refractivity (Wildman–Crippen MR) is 96.2 cm³/mol. The summed E-state index contributed by atoms with van der Waals surface area (Å²) in [5.41, 5.74) is 2.00. The number of amides is 1. The molecule has 2 heterocycles. The van der Waals surface area contributed by atoms with Crippen LogP contribution in [0, 0.1) is 5.92 Å². The molecule has 0 saturated carbocycles. The van der Waals surface area contributed by atoms with Gasteiger partial charge in [0.25, 0.3) is 5.91 Å². The summed E-state index contributed by atoms with van der Waals surface area (Å²) in [6, 6.07) is 8.00. The van der Waals surface area contributed by atoms with Gasteiger partial charge in [-0.25, -0.2) is 0 Å². The Morgan fingerprint density at radius 3 is 2.28 bits per heavy atom. The number of piperidine rings is 1. The van der Waals surface area contributed by atoms with E-state index in [0.29, 0.717) is 6.61 Å². The summed E-state index contributed by atoms with van der Waals surface area (Å²) in [5, 5.41) is 0. The fourth-order valence-electron chi connectivity index (χ4n) is 3.70. The first-order valence-electron chi connectivity index (χ1n) is 9.44. The molecule has 0 N–H and O–H groups in total. The van der Waals surface area contributed by atoms with Crippen molar-refractivity contribution < 1.29 is 14.3 Å². The minimum atomic E-state index is -0.0491. The van der Waals surface area contributed by atoms with Crippen LogP contribution < -0.4 is 0 Å². The van der Waals surface area contributed by atoms with E-state index < -0.39 is 0 Å². The van der Waals surface area contributed by atoms with Crippen LogP contribution >= 0.6 is 0 Å². The lowest BCUT2D eigenvalue weighted by atomic mass is 9.96. The van der Waals surface area contributed by atoms with Gasteiger partial charge in [0.05, 0.1) is 12.5 Å². The summed E-state index contributed by atoms with van der Waals surface area (Å²) < 4.78 is 5.12. The van der Waals surface area contributed by atoms with Crippen molar-refractivity contribution in [2.24, 2.45) is 5.92 Å². The largest absolute Gasteiger partial charge is 0.466 e. The number of carbonyl (C=O) groups is 2. The van der Waals surface area contributed by atoms with E-state index in [1.54, 1.807) is 0 Å². The van der Waals surface area contributed by atoms with Crippen molar-refractivity contribution in [2.45, 2.75) is 39.2 Å². The molecule has 25 heavy (non-hydrogen) atoms. The van der Waals surface area contributed by atoms with Crippen molar-refractivity contribution in [3.8, 4) is 0 Å². The minimum Gasteiger partial charge on any atom is -0.466 e. The number of carbonyl (C=O) groups excluding carboxylic acids is 2. The lowest BCUT2D eigenvalue weighted by Crippen LogP contribution is -2.36. The number of likely N-dealkylation sites (tertiary alicyclic amines) is 2. The first-order chi connectivity index (χ1) is 12.2. The van der Waals surface area contributed by atoms with Crippen molar-refractivity contribution in [3.05, 3.63) is 35.4 Å². The topological polar surface area (TPSA) is 49.9 Å². The van der Waals surface area contributed by atoms with Gasteiger partial charge in [0.2, 0.25) is 0 Å². The van der Waals surface area contributed by atoms with E-state index in [1.165, 1.54) is 5.56 Å². The van der Waals surface area contributed by atoms with Gasteiger partial charge in [-0.15, -0.1) is 0 Å². The van der Waals surface area contributed by atoms with Crippen LogP contribution in [0.2, 0.25) is 0 Å². The second-order valence-electron chi connectivity index (χ2n) is 7.00. The first-order valence-corrected chi connectivity index (χ1v) is 9.44. The molecule has 0 bridgehead atoms. The van der Waals surface area contributed by atoms with Crippen LogP contribution in [0.3, 0.4) is 0 Å². The zero-order valence-electron chi connectivity index (χ0n) is 15.1. The van der Waals surface area contributed by atoms with Gasteiger partial charge >= 0.3 is 5.97 Å². The summed E-state index contributed by atoms with van der Waals surface area (Å²) >= 11 is 0. The van der Waals surface area contributed by atoms with Gasteiger partial charge in [0.1, 0.15) is 0 Å². The summed E-state index contributed by atoms with van der Waals surface area (Å²) in [6.07, 6.45) is 3.96. The third kappa shape index (κ3) is 4.60. The van der Waals surface area contributed by atoms with E-state index in [2.05, 4.69) is 17.0 Å². The van der Waals surface area contributed by atoms with Crippen molar-refractivity contribution in [1.29, 1.82) is 0 Å². The minimum absolute atomic E-state index is 0.0491. The van der Waals surface area contributed by atoms with E-state index in [4.69, 9.17) is 4.74 Å². The van der Waals surface area contributed by atoms with Crippen LogP contribution in [-0.2, 0) is 16.1 Å². The molecule has 5 heteroatoms. The Morgan fingerprint density at radius 1 is 1.04 bits per heavy atom. The molecule has 0 aromatic heterocycles. The highest BCUT2D eigenvalue weighted by atomic mass is 16.5. The summed E-state index contributed by atoms with van der Waals surface area (Å²) in [4.78, 5) is 28.5. The maximum atomic E-state index is 12.4. The Kier molecular flexibility index (Phi) is 6.08. The quantitative estimate of drug-likeness (QED) is 0.771. The molecule has 0 atom stereocenters. The Balaban J connectivity index is 1.49. The SMILES string of the molecule is CCOC(=O)C1CCN(Cc2ccc(C(=O)N3CCCC3)cc2)CC1. The van der Waals surface area contributed by atoms with Crippen LogP contribution in [0.25, 0.3) is 0 Å². The zero-order valence-corrected chi connectivity index (χ0v) is 15.1. The molecule has 1 amide bonds. The predicted octanol–water partition coefficient (Wildman–Crippen LogP) is 2.70. The Morgan fingerprint density at radius 2 is 1.68 bits per heavy atom. The number of nitrogens with zero attached hydrogens (tertiary/aromatic N) is 2. The van der Waals surface area contributed by atoms with Crippen LogP contribution in [0.15, 0.2) is 24.3 Å². The fraction of sp³-hybridized carbons (Fsp3) is 0.600. The number of esters is 1. The van der Waals surface area contributed by atoms with Crippen LogP contribution in [-0.4, -0.2) is 54.5 Å². The molecule has 0 spiro atoms. The molecule has 0 radical (unpaired) electrons. The van der Waals surface area contributed by atoms with E-state index in [1.807, 2.05) is 24.0 Å². The molecule has 1 aromatic carbocycles. The molecule has 136 valence electrons. The maximum Gasteiger partial charge on any atom is 0.309 e. The normalized spacial score (nSPS) is 19.2.